The lowest BCUT2D eigenvalue weighted by Crippen LogP contribution is -2.31. The van der Waals surface area contributed by atoms with E-state index in [1.165, 1.54) is 12.1 Å². The van der Waals surface area contributed by atoms with E-state index >= 15 is 0 Å². The molecule has 0 bridgehead atoms. The molecule has 0 aromatic heterocycles. The molecule has 0 radical (unpaired) electrons. The molecule has 0 aliphatic rings. The van der Waals surface area contributed by atoms with Gasteiger partial charge < -0.3 is 10.1 Å². The van der Waals surface area contributed by atoms with Gasteiger partial charge in [0.05, 0.1) is 15.5 Å². The summed E-state index contributed by atoms with van der Waals surface area (Å²) in [6.07, 6.45) is 0.727. The average Bonchev–Trinajstić information content (AvgIpc) is 2.63. The van der Waals surface area contributed by atoms with Gasteiger partial charge in [0, 0.05) is 17.3 Å². The fraction of sp³-hybridized carbons (Fsp3) is 0.350. The second-order valence-electron chi connectivity index (χ2n) is 6.72. The van der Waals surface area contributed by atoms with Gasteiger partial charge in [-0.2, -0.15) is 0 Å². The number of sulfonamides is 1. The van der Waals surface area contributed by atoms with Gasteiger partial charge >= 0.3 is 0 Å². The molecule has 2 rings (SSSR count). The minimum Gasteiger partial charge on any atom is -0.490 e. The quantitative estimate of drug-likeness (QED) is 0.594. The van der Waals surface area contributed by atoms with Gasteiger partial charge in [-0.05, 0) is 85.6 Å². The standard InChI is InChI=1S/C20H25BrN2O4S/c1-5-14(4)23-28(25,26)17-9-7-16(8-10-17)22-20(24)15-6-11-19(18(21)12-15)27-13(2)3/h6-14,23H,5H2,1-4H3,(H,22,24). The smallest absolute Gasteiger partial charge is 0.255 e. The van der Waals surface area contributed by atoms with E-state index in [9.17, 15) is 13.2 Å². The number of hydrogen-bond acceptors (Lipinski definition) is 4. The zero-order valence-corrected chi connectivity index (χ0v) is 18.7. The largest absolute Gasteiger partial charge is 0.490 e. The number of ether oxygens (including phenoxy) is 1. The van der Waals surface area contributed by atoms with Crippen LogP contribution >= 0.6 is 15.9 Å². The Balaban J connectivity index is 2.10. The lowest BCUT2D eigenvalue weighted by molar-refractivity contribution is 0.102. The first-order valence-electron chi connectivity index (χ1n) is 9.02. The van der Waals surface area contributed by atoms with E-state index in [0.717, 1.165) is 0 Å². The Morgan fingerprint density at radius 2 is 1.75 bits per heavy atom. The van der Waals surface area contributed by atoms with Crippen LogP contribution in [0.5, 0.6) is 5.75 Å². The molecule has 152 valence electrons. The van der Waals surface area contributed by atoms with Crippen molar-refractivity contribution in [3.63, 3.8) is 0 Å². The molecule has 0 spiro atoms. The van der Waals surface area contributed by atoms with Crippen LogP contribution in [0.4, 0.5) is 5.69 Å². The molecule has 2 aromatic rings. The number of amides is 1. The van der Waals surface area contributed by atoms with Crippen LogP contribution in [-0.4, -0.2) is 26.5 Å². The molecule has 0 saturated heterocycles. The highest BCUT2D eigenvalue weighted by molar-refractivity contribution is 9.10. The Labute approximate surface area is 174 Å². The third-order valence-electron chi connectivity index (χ3n) is 3.95. The maximum Gasteiger partial charge on any atom is 0.255 e. The van der Waals surface area contributed by atoms with Gasteiger partial charge in [-0.25, -0.2) is 13.1 Å². The maximum absolute atomic E-state index is 12.5. The summed E-state index contributed by atoms with van der Waals surface area (Å²) in [5.74, 6) is 0.361. The van der Waals surface area contributed by atoms with Crippen LogP contribution in [0.2, 0.25) is 0 Å². The molecule has 0 fully saturated rings. The van der Waals surface area contributed by atoms with Gasteiger partial charge in [-0.3, -0.25) is 4.79 Å². The summed E-state index contributed by atoms with van der Waals surface area (Å²) in [6, 6.07) is 11.0. The second kappa shape index (κ2) is 9.54. The van der Waals surface area contributed by atoms with E-state index in [2.05, 4.69) is 26.0 Å². The number of rotatable bonds is 8. The molecule has 0 saturated carbocycles. The number of anilines is 1. The molecule has 0 aliphatic carbocycles. The minimum atomic E-state index is -3.57. The molecular formula is C20H25BrN2O4S. The number of carbonyl (C=O) groups excluding carboxylic acids is 1. The predicted molar refractivity (Wildman–Crippen MR) is 114 cm³/mol. The first-order valence-corrected chi connectivity index (χ1v) is 11.3. The van der Waals surface area contributed by atoms with Crippen LogP contribution in [-0.2, 0) is 10.0 Å². The van der Waals surface area contributed by atoms with Gasteiger partial charge in [0.25, 0.3) is 5.91 Å². The van der Waals surface area contributed by atoms with Crippen LogP contribution in [0.25, 0.3) is 0 Å². The summed E-state index contributed by atoms with van der Waals surface area (Å²) < 4.78 is 33.5. The zero-order chi connectivity index (χ0) is 20.9. The Morgan fingerprint density at radius 3 is 2.29 bits per heavy atom. The van der Waals surface area contributed by atoms with Crippen molar-refractivity contribution in [2.75, 3.05) is 5.32 Å². The summed E-state index contributed by atoms with van der Waals surface area (Å²) in [7, 11) is -3.57. The molecule has 0 heterocycles. The fourth-order valence-electron chi connectivity index (χ4n) is 2.33. The summed E-state index contributed by atoms with van der Waals surface area (Å²) in [4.78, 5) is 12.6. The van der Waals surface area contributed by atoms with Crippen LogP contribution in [0, 0.1) is 0 Å². The lowest BCUT2D eigenvalue weighted by atomic mass is 10.2. The molecule has 6 nitrogen and oxygen atoms in total. The molecule has 8 heteroatoms. The SMILES string of the molecule is CCC(C)NS(=O)(=O)c1ccc(NC(=O)c2ccc(OC(C)C)c(Br)c2)cc1. The third kappa shape index (κ3) is 6.05. The average molecular weight is 469 g/mol. The van der Waals surface area contributed by atoms with Crippen molar-refractivity contribution in [2.45, 2.75) is 51.2 Å². The van der Waals surface area contributed by atoms with E-state index in [4.69, 9.17) is 4.74 Å². The minimum absolute atomic E-state index is 0.0283. The predicted octanol–water partition coefficient (Wildman–Crippen LogP) is 4.57. The molecule has 2 N–H and O–H groups in total. The van der Waals surface area contributed by atoms with Gasteiger partial charge in [0.1, 0.15) is 5.75 Å². The van der Waals surface area contributed by atoms with Crippen LogP contribution in [0.1, 0.15) is 44.5 Å². The summed E-state index contributed by atoms with van der Waals surface area (Å²) in [5.41, 5.74) is 0.962. The number of nitrogens with one attached hydrogen (secondary N) is 2. The summed E-state index contributed by atoms with van der Waals surface area (Å²) >= 11 is 3.41. The first-order chi connectivity index (χ1) is 13.1. The molecule has 2 aromatic carbocycles. The molecular weight excluding hydrogens is 444 g/mol. The molecule has 1 atom stereocenters. The van der Waals surface area contributed by atoms with Crippen molar-refractivity contribution >= 4 is 37.5 Å². The third-order valence-corrected chi connectivity index (χ3v) is 6.17. The van der Waals surface area contributed by atoms with Crippen molar-refractivity contribution in [1.82, 2.24) is 4.72 Å². The molecule has 28 heavy (non-hydrogen) atoms. The summed E-state index contributed by atoms with van der Waals surface area (Å²) in [6.45, 7) is 7.57. The molecule has 1 amide bonds. The number of benzene rings is 2. The van der Waals surface area contributed by atoms with E-state index in [0.29, 0.717) is 27.9 Å². The summed E-state index contributed by atoms with van der Waals surface area (Å²) in [5, 5.41) is 2.76. The van der Waals surface area contributed by atoms with Gasteiger partial charge in [-0.1, -0.05) is 6.92 Å². The lowest BCUT2D eigenvalue weighted by Gasteiger charge is -2.13. The number of hydrogen-bond donors (Lipinski definition) is 2. The highest BCUT2D eigenvalue weighted by atomic mass is 79.9. The highest BCUT2D eigenvalue weighted by Gasteiger charge is 2.17. The second-order valence-corrected chi connectivity index (χ2v) is 9.29. The maximum atomic E-state index is 12.5. The Bertz CT molecular complexity index is 928. The van der Waals surface area contributed by atoms with Crippen molar-refractivity contribution in [2.24, 2.45) is 0 Å². The Hall–Kier alpha value is -1.90. The van der Waals surface area contributed by atoms with E-state index < -0.39 is 10.0 Å². The van der Waals surface area contributed by atoms with E-state index in [1.54, 1.807) is 30.3 Å². The topological polar surface area (TPSA) is 84.5 Å². The van der Waals surface area contributed by atoms with Gasteiger partial charge in [-0.15, -0.1) is 0 Å². The normalized spacial score (nSPS) is 12.6. The highest BCUT2D eigenvalue weighted by Crippen LogP contribution is 2.27. The van der Waals surface area contributed by atoms with Crippen LogP contribution in [0.3, 0.4) is 0 Å². The fourth-order valence-corrected chi connectivity index (χ4v) is 4.13. The van der Waals surface area contributed by atoms with E-state index in [1.807, 2.05) is 27.7 Å². The van der Waals surface area contributed by atoms with Crippen molar-refractivity contribution < 1.29 is 17.9 Å². The molecule has 1 unspecified atom stereocenters. The monoisotopic (exact) mass is 468 g/mol. The molecule has 0 aliphatic heterocycles. The van der Waals surface area contributed by atoms with Gasteiger partial charge in [0.15, 0.2) is 0 Å². The van der Waals surface area contributed by atoms with Crippen LogP contribution < -0.4 is 14.8 Å². The Morgan fingerprint density at radius 1 is 1.11 bits per heavy atom. The Kier molecular flexibility index (Phi) is 7.63. The zero-order valence-electron chi connectivity index (χ0n) is 16.3. The first kappa shape index (κ1) is 22.4. The van der Waals surface area contributed by atoms with Crippen molar-refractivity contribution in [1.29, 1.82) is 0 Å². The van der Waals surface area contributed by atoms with E-state index in [-0.39, 0.29) is 22.9 Å². The van der Waals surface area contributed by atoms with Crippen LogP contribution in [0.15, 0.2) is 51.8 Å². The van der Waals surface area contributed by atoms with Gasteiger partial charge in [0.2, 0.25) is 10.0 Å². The number of halogens is 1. The number of carbonyl (C=O) groups is 1. The van der Waals surface area contributed by atoms with Crippen molar-refractivity contribution in [3.05, 3.63) is 52.5 Å². The van der Waals surface area contributed by atoms with Crippen molar-refractivity contribution in [3.8, 4) is 5.75 Å².